The zero-order valence-corrected chi connectivity index (χ0v) is 15.4. The van der Waals surface area contributed by atoms with Crippen LogP contribution in [0.1, 0.15) is 43.6 Å². The van der Waals surface area contributed by atoms with Crippen LogP contribution in [0, 0.1) is 0 Å². The van der Waals surface area contributed by atoms with Crippen LogP contribution in [0.25, 0.3) is 22.2 Å². The molecule has 0 spiro atoms. The lowest BCUT2D eigenvalue weighted by Crippen LogP contribution is -2.08. The Morgan fingerprint density at radius 3 is 2.78 bits per heavy atom. The molecule has 4 heteroatoms. The molecule has 1 fully saturated rings. The van der Waals surface area contributed by atoms with Crippen molar-refractivity contribution in [3.8, 4) is 17.0 Å². The summed E-state index contributed by atoms with van der Waals surface area (Å²) in [5, 5.41) is 4.90. The van der Waals surface area contributed by atoms with E-state index in [2.05, 4.69) is 40.2 Å². The van der Waals surface area contributed by atoms with Gasteiger partial charge in [-0.15, -0.1) is 0 Å². The van der Waals surface area contributed by atoms with Crippen molar-refractivity contribution in [2.75, 3.05) is 11.9 Å². The maximum Gasteiger partial charge on any atom is 0.298 e. The molecule has 138 valence electrons. The second-order valence-corrected chi connectivity index (χ2v) is 7.61. The predicted molar refractivity (Wildman–Crippen MR) is 108 cm³/mol. The number of para-hydroxylation sites is 1. The third-order valence-electron chi connectivity index (χ3n) is 6.11. The summed E-state index contributed by atoms with van der Waals surface area (Å²) in [4.78, 5) is 10.8. The van der Waals surface area contributed by atoms with Crippen molar-refractivity contribution in [2.45, 2.75) is 44.6 Å². The molecule has 1 aliphatic carbocycles. The largest absolute Gasteiger partial charge is 0.429 e. The molecule has 3 aromatic rings. The van der Waals surface area contributed by atoms with E-state index in [-0.39, 0.29) is 0 Å². The lowest BCUT2D eigenvalue weighted by atomic mass is 9.81. The zero-order valence-electron chi connectivity index (χ0n) is 15.4. The molecule has 1 saturated carbocycles. The first kappa shape index (κ1) is 16.4. The molecule has 2 heterocycles. The fraction of sp³-hybridized carbons (Fsp3) is 0.348. The minimum atomic E-state index is 0.506. The van der Waals surface area contributed by atoms with Crippen LogP contribution in [0.5, 0.6) is 5.75 Å². The molecule has 27 heavy (non-hydrogen) atoms. The summed E-state index contributed by atoms with van der Waals surface area (Å²) in [5.74, 6) is 1.21. The topological polar surface area (TPSA) is 43.3 Å². The van der Waals surface area contributed by atoms with Gasteiger partial charge in [-0.2, -0.15) is 0 Å². The van der Waals surface area contributed by atoms with E-state index in [1.807, 2.05) is 12.1 Å². The molecule has 0 saturated heterocycles. The maximum absolute atomic E-state index is 10.8. The molecule has 1 aromatic heterocycles. The van der Waals surface area contributed by atoms with Crippen molar-refractivity contribution in [3.05, 3.63) is 48.0 Å². The third kappa shape index (κ3) is 2.71. The highest BCUT2D eigenvalue weighted by Crippen LogP contribution is 2.46. The van der Waals surface area contributed by atoms with Crippen molar-refractivity contribution >= 4 is 23.1 Å². The molecule has 0 radical (unpaired) electrons. The van der Waals surface area contributed by atoms with Gasteiger partial charge in [0.1, 0.15) is 5.75 Å². The summed E-state index contributed by atoms with van der Waals surface area (Å²) in [6.45, 7) is 2.29. The summed E-state index contributed by atoms with van der Waals surface area (Å²) in [7, 11) is 0. The van der Waals surface area contributed by atoms with Crippen LogP contribution in [-0.4, -0.2) is 17.6 Å². The number of ether oxygens (including phenoxy) is 1. The summed E-state index contributed by atoms with van der Waals surface area (Å²) >= 11 is 0. The SMILES string of the molecule is O=COc1ccc2c(C3CCCCC3)c3n(c2c1)CCNc1ccccc1-3. The van der Waals surface area contributed by atoms with Gasteiger partial charge < -0.3 is 14.6 Å². The molecule has 4 nitrogen and oxygen atoms in total. The van der Waals surface area contributed by atoms with Gasteiger partial charge in [0, 0.05) is 35.8 Å². The molecular formula is C23H24N2O2. The second-order valence-electron chi connectivity index (χ2n) is 7.61. The summed E-state index contributed by atoms with van der Waals surface area (Å²) in [6.07, 6.45) is 6.48. The van der Waals surface area contributed by atoms with Crippen LogP contribution in [0.2, 0.25) is 0 Å². The van der Waals surface area contributed by atoms with Gasteiger partial charge in [0.05, 0.1) is 11.2 Å². The molecule has 0 amide bonds. The Balaban J connectivity index is 1.81. The number of carbonyl (C=O) groups is 1. The standard InChI is InChI=1S/C23H24N2O2/c26-15-27-17-10-11-19-21(14-17)25-13-12-24-20-9-5-4-8-18(20)23(25)22(19)16-6-2-1-3-7-16/h4-5,8-11,14-16,24H,1-3,6-7,12-13H2. The zero-order chi connectivity index (χ0) is 18.2. The average Bonchev–Trinajstić information content (AvgIpc) is 2.90. The smallest absolute Gasteiger partial charge is 0.298 e. The van der Waals surface area contributed by atoms with Gasteiger partial charge in [0.15, 0.2) is 0 Å². The highest BCUT2D eigenvalue weighted by molar-refractivity contribution is 5.96. The van der Waals surface area contributed by atoms with Crippen LogP contribution in [0.3, 0.4) is 0 Å². The number of benzene rings is 2. The van der Waals surface area contributed by atoms with Gasteiger partial charge in [0.25, 0.3) is 6.47 Å². The van der Waals surface area contributed by atoms with Gasteiger partial charge >= 0.3 is 0 Å². The fourth-order valence-corrected chi connectivity index (χ4v) is 4.96. The first-order chi connectivity index (χ1) is 13.4. The number of hydrogen-bond acceptors (Lipinski definition) is 3. The molecule has 5 rings (SSSR count). The van der Waals surface area contributed by atoms with Crippen molar-refractivity contribution in [2.24, 2.45) is 0 Å². The summed E-state index contributed by atoms with van der Waals surface area (Å²) in [5.41, 5.74) is 6.49. The minimum absolute atomic E-state index is 0.506. The number of anilines is 1. The fourth-order valence-electron chi connectivity index (χ4n) is 4.96. The maximum atomic E-state index is 10.8. The number of hydrogen-bond donors (Lipinski definition) is 1. The van der Waals surface area contributed by atoms with E-state index in [1.54, 1.807) is 0 Å². The highest BCUT2D eigenvalue weighted by Gasteiger charge is 2.28. The Hall–Kier alpha value is -2.75. The Kier molecular flexibility index (Phi) is 4.12. The van der Waals surface area contributed by atoms with E-state index >= 15 is 0 Å². The molecule has 0 atom stereocenters. The van der Waals surface area contributed by atoms with E-state index < -0.39 is 0 Å². The lowest BCUT2D eigenvalue weighted by Gasteiger charge is -2.23. The van der Waals surface area contributed by atoms with Gasteiger partial charge in [-0.05, 0) is 42.5 Å². The predicted octanol–water partition coefficient (Wildman–Crippen LogP) is 5.32. The van der Waals surface area contributed by atoms with E-state index in [1.165, 1.54) is 65.5 Å². The van der Waals surface area contributed by atoms with Gasteiger partial charge in [0.2, 0.25) is 0 Å². The van der Waals surface area contributed by atoms with Crippen LogP contribution in [0.15, 0.2) is 42.5 Å². The molecule has 0 unspecified atom stereocenters. The van der Waals surface area contributed by atoms with Gasteiger partial charge in [-0.3, -0.25) is 4.79 Å². The van der Waals surface area contributed by atoms with Crippen molar-refractivity contribution < 1.29 is 9.53 Å². The van der Waals surface area contributed by atoms with Gasteiger partial charge in [-0.1, -0.05) is 37.5 Å². The normalized spacial score (nSPS) is 16.9. The first-order valence-corrected chi connectivity index (χ1v) is 9.96. The minimum Gasteiger partial charge on any atom is -0.429 e. The van der Waals surface area contributed by atoms with Crippen LogP contribution < -0.4 is 10.1 Å². The van der Waals surface area contributed by atoms with Crippen molar-refractivity contribution in [1.82, 2.24) is 4.57 Å². The molecule has 0 bridgehead atoms. The van der Waals surface area contributed by atoms with Crippen molar-refractivity contribution in [3.63, 3.8) is 0 Å². The number of nitrogens with one attached hydrogen (secondary N) is 1. The average molecular weight is 360 g/mol. The van der Waals surface area contributed by atoms with Crippen LogP contribution in [0.4, 0.5) is 5.69 Å². The Morgan fingerprint density at radius 2 is 1.93 bits per heavy atom. The Bertz CT molecular complexity index is 999. The monoisotopic (exact) mass is 360 g/mol. The number of fused-ring (bicyclic) bond motifs is 5. The molecule has 1 aliphatic heterocycles. The number of rotatable bonds is 3. The first-order valence-electron chi connectivity index (χ1n) is 9.96. The highest BCUT2D eigenvalue weighted by atomic mass is 16.5. The lowest BCUT2D eigenvalue weighted by molar-refractivity contribution is -0.120. The number of nitrogens with zero attached hydrogens (tertiary/aromatic N) is 1. The molecule has 1 N–H and O–H groups in total. The molecule has 2 aromatic carbocycles. The van der Waals surface area contributed by atoms with Crippen LogP contribution in [-0.2, 0) is 11.3 Å². The van der Waals surface area contributed by atoms with Crippen molar-refractivity contribution in [1.29, 1.82) is 0 Å². The van der Waals surface area contributed by atoms with E-state index in [0.29, 0.717) is 18.1 Å². The molecule has 2 aliphatic rings. The van der Waals surface area contributed by atoms with E-state index in [9.17, 15) is 4.79 Å². The third-order valence-corrected chi connectivity index (χ3v) is 6.11. The second kappa shape index (κ2) is 6.76. The number of aromatic nitrogens is 1. The van der Waals surface area contributed by atoms with E-state index in [4.69, 9.17) is 4.74 Å². The Morgan fingerprint density at radius 1 is 1.07 bits per heavy atom. The summed E-state index contributed by atoms with van der Waals surface area (Å²) in [6, 6.07) is 14.7. The number of carbonyl (C=O) groups excluding carboxylic acids is 1. The van der Waals surface area contributed by atoms with Gasteiger partial charge in [-0.25, -0.2) is 0 Å². The van der Waals surface area contributed by atoms with E-state index in [0.717, 1.165) is 13.1 Å². The Labute approximate surface area is 159 Å². The van der Waals surface area contributed by atoms with Crippen LogP contribution >= 0.6 is 0 Å². The summed E-state index contributed by atoms with van der Waals surface area (Å²) < 4.78 is 7.58. The molecular weight excluding hydrogens is 336 g/mol. The quantitative estimate of drug-likeness (QED) is 0.643.